The molecule has 0 radical (unpaired) electrons. The van der Waals surface area contributed by atoms with Gasteiger partial charge in [-0.05, 0) is 107 Å². The number of nitrogens with zero attached hydrogens (tertiary/aromatic N) is 1. The fourth-order valence-corrected chi connectivity index (χ4v) is 9.49. The summed E-state index contributed by atoms with van der Waals surface area (Å²) >= 11 is 0. The first kappa shape index (κ1) is 41.5. The van der Waals surface area contributed by atoms with Crippen molar-refractivity contribution in [2.75, 3.05) is 4.90 Å². The Bertz CT molecular complexity index is 3280. The van der Waals surface area contributed by atoms with Crippen molar-refractivity contribution in [1.82, 2.24) is 0 Å². The van der Waals surface area contributed by atoms with Crippen LogP contribution in [0.4, 0.5) is 17.1 Å². The lowest BCUT2D eigenvalue weighted by Gasteiger charge is -2.32. The Balaban J connectivity index is 1.28. The summed E-state index contributed by atoms with van der Waals surface area (Å²) in [7, 11) is 0. The smallest absolute Gasteiger partial charge is 0.0540 e. The van der Waals surface area contributed by atoms with Crippen molar-refractivity contribution in [3.63, 3.8) is 0 Å². The van der Waals surface area contributed by atoms with Gasteiger partial charge in [-0.2, -0.15) is 0 Å². The first-order valence-electron chi connectivity index (χ1n) is 22.9. The zero-order chi connectivity index (χ0) is 44.7. The van der Waals surface area contributed by atoms with E-state index in [9.17, 15) is 0 Å². The molecule has 1 nitrogen and oxygen atoms in total. The Morgan fingerprint density at radius 1 is 0.277 bits per heavy atom. The minimum atomic E-state index is -0.0134. The molecular formula is C64H55N. The first-order valence-corrected chi connectivity index (χ1v) is 22.9. The lowest BCUT2D eigenvalue weighted by Crippen LogP contribution is -2.16. The summed E-state index contributed by atoms with van der Waals surface area (Å²) in [4.78, 5) is 2.53. The number of anilines is 3. The third-order valence-electron chi connectivity index (χ3n) is 13.0. The molecule has 0 spiro atoms. The summed E-state index contributed by atoms with van der Waals surface area (Å²) < 4.78 is 0. The van der Waals surface area contributed by atoms with Crippen LogP contribution in [-0.4, -0.2) is 0 Å². The van der Waals surface area contributed by atoms with Crippen LogP contribution in [-0.2, 0) is 10.8 Å². The van der Waals surface area contributed by atoms with Gasteiger partial charge in [0.05, 0.1) is 17.1 Å². The Morgan fingerprint density at radius 2 is 0.738 bits per heavy atom. The van der Waals surface area contributed by atoms with Crippen LogP contribution in [0.1, 0.15) is 52.7 Å². The van der Waals surface area contributed by atoms with Gasteiger partial charge in [0.1, 0.15) is 0 Å². The monoisotopic (exact) mass is 837 g/mol. The molecule has 10 aromatic rings. The number of rotatable bonds is 8. The quantitative estimate of drug-likeness (QED) is 0.147. The molecule has 0 bridgehead atoms. The maximum atomic E-state index is 2.53. The molecule has 0 saturated carbocycles. The van der Waals surface area contributed by atoms with Crippen molar-refractivity contribution in [1.29, 1.82) is 0 Å². The molecule has 0 heterocycles. The Labute approximate surface area is 385 Å². The second-order valence-corrected chi connectivity index (χ2v) is 19.4. The standard InChI is InChI=1S/C64H55N/c1-63(2,3)50-40-49(41-51(43-50)64(4,5)6)53-33-20-28-47-29-21-35-57(62(47)53)56-32-16-18-37-60(56)65(59-36-17-15-31-55(59)54-34-19-27-45-26-13-14-30-52(45)54)61-39-38-48(44-22-9-7-10-23-44)42-58(61)46-24-11-8-12-25-46/h7-43H,1-6H3. The molecule has 0 aliphatic rings. The molecule has 65 heavy (non-hydrogen) atoms. The van der Waals surface area contributed by atoms with Gasteiger partial charge in [-0.1, -0.05) is 242 Å². The fourth-order valence-electron chi connectivity index (χ4n) is 9.49. The van der Waals surface area contributed by atoms with E-state index in [0.717, 1.165) is 39.3 Å². The molecule has 10 rings (SSSR count). The predicted molar refractivity (Wildman–Crippen MR) is 281 cm³/mol. The number of benzene rings is 10. The van der Waals surface area contributed by atoms with E-state index in [4.69, 9.17) is 0 Å². The molecule has 0 aliphatic carbocycles. The molecule has 0 amide bonds. The number of hydrogen-bond acceptors (Lipinski definition) is 1. The average molecular weight is 838 g/mol. The Morgan fingerprint density at radius 3 is 1.37 bits per heavy atom. The molecule has 316 valence electrons. The van der Waals surface area contributed by atoms with Crippen LogP contribution in [0.5, 0.6) is 0 Å². The lowest BCUT2D eigenvalue weighted by atomic mass is 9.78. The minimum absolute atomic E-state index is 0.0134. The summed E-state index contributed by atoms with van der Waals surface area (Å²) in [6, 6.07) is 82.9. The maximum Gasteiger partial charge on any atom is 0.0540 e. The van der Waals surface area contributed by atoms with Crippen molar-refractivity contribution >= 4 is 38.6 Å². The van der Waals surface area contributed by atoms with Crippen LogP contribution in [0.15, 0.2) is 224 Å². The van der Waals surface area contributed by atoms with E-state index in [1.54, 1.807) is 0 Å². The third-order valence-corrected chi connectivity index (χ3v) is 13.0. The van der Waals surface area contributed by atoms with E-state index in [1.165, 1.54) is 66.1 Å². The summed E-state index contributed by atoms with van der Waals surface area (Å²) in [6.07, 6.45) is 0. The molecule has 1 heteroatoms. The van der Waals surface area contributed by atoms with Crippen molar-refractivity contribution in [2.24, 2.45) is 0 Å². The van der Waals surface area contributed by atoms with Gasteiger partial charge < -0.3 is 4.90 Å². The van der Waals surface area contributed by atoms with E-state index < -0.39 is 0 Å². The molecule has 0 unspecified atom stereocenters. The fraction of sp³-hybridized carbons (Fsp3) is 0.125. The molecule has 10 aromatic carbocycles. The van der Waals surface area contributed by atoms with Gasteiger partial charge in [0.2, 0.25) is 0 Å². The zero-order valence-corrected chi connectivity index (χ0v) is 38.3. The maximum absolute atomic E-state index is 2.53. The topological polar surface area (TPSA) is 3.24 Å². The van der Waals surface area contributed by atoms with Gasteiger partial charge in [0.15, 0.2) is 0 Å². The highest BCUT2D eigenvalue weighted by Gasteiger charge is 2.26. The van der Waals surface area contributed by atoms with Crippen LogP contribution in [0.3, 0.4) is 0 Å². The van der Waals surface area contributed by atoms with Crippen LogP contribution in [0, 0.1) is 0 Å². The van der Waals surface area contributed by atoms with Crippen LogP contribution >= 0.6 is 0 Å². The summed E-state index contributed by atoms with van der Waals surface area (Å²) in [5.74, 6) is 0. The molecule has 0 aliphatic heterocycles. The molecule has 0 fully saturated rings. The summed E-state index contributed by atoms with van der Waals surface area (Å²) in [6.45, 7) is 13.9. The van der Waals surface area contributed by atoms with E-state index >= 15 is 0 Å². The van der Waals surface area contributed by atoms with Gasteiger partial charge in [0.25, 0.3) is 0 Å². The van der Waals surface area contributed by atoms with Crippen molar-refractivity contribution in [2.45, 2.75) is 52.4 Å². The van der Waals surface area contributed by atoms with E-state index in [1.807, 2.05) is 0 Å². The van der Waals surface area contributed by atoms with Gasteiger partial charge in [-0.15, -0.1) is 0 Å². The molecule has 0 N–H and O–H groups in total. The molecule has 0 aromatic heterocycles. The average Bonchev–Trinajstić information content (AvgIpc) is 3.34. The van der Waals surface area contributed by atoms with E-state index in [-0.39, 0.29) is 10.8 Å². The minimum Gasteiger partial charge on any atom is -0.309 e. The SMILES string of the molecule is CC(C)(C)c1cc(-c2cccc3cccc(-c4ccccc4N(c4ccc(-c5ccccc5)cc4-c4ccccc4)c4ccccc4-c4cccc5ccccc45)c23)cc(C(C)(C)C)c1. The summed E-state index contributed by atoms with van der Waals surface area (Å²) in [5.41, 5.74) is 17.9. The van der Waals surface area contributed by atoms with Gasteiger partial charge in [-0.25, -0.2) is 0 Å². The van der Waals surface area contributed by atoms with Gasteiger partial charge >= 0.3 is 0 Å². The van der Waals surface area contributed by atoms with Crippen molar-refractivity contribution in [3.8, 4) is 55.6 Å². The molecular weight excluding hydrogens is 783 g/mol. The van der Waals surface area contributed by atoms with E-state index in [0.29, 0.717) is 0 Å². The Hall–Kier alpha value is -7.48. The van der Waals surface area contributed by atoms with Crippen LogP contribution < -0.4 is 4.90 Å². The highest BCUT2D eigenvalue weighted by atomic mass is 15.1. The zero-order valence-electron chi connectivity index (χ0n) is 38.3. The predicted octanol–water partition coefficient (Wildman–Crippen LogP) is 18.4. The van der Waals surface area contributed by atoms with Crippen LogP contribution in [0.25, 0.3) is 77.2 Å². The number of para-hydroxylation sites is 2. The number of fused-ring (bicyclic) bond motifs is 2. The lowest BCUT2D eigenvalue weighted by molar-refractivity contribution is 0.569. The van der Waals surface area contributed by atoms with Crippen molar-refractivity contribution < 1.29 is 0 Å². The second kappa shape index (κ2) is 16.9. The summed E-state index contributed by atoms with van der Waals surface area (Å²) in [5, 5.41) is 4.91. The molecule has 0 atom stereocenters. The van der Waals surface area contributed by atoms with E-state index in [2.05, 4.69) is 271 Å². The van der Waals surface area contributed by atoms with Gasteiger partial charge in [0, 0.05) is 16.7 Å². The second-order valence-electron chi connectivity index (χ2n) is 19.4. The Kier molecular flexibility index (Phi) is 10.8. The van der Waals surface area contributed by atoms with Gasteiger partial charge in [-0.3, -0.25) is 0 Å². The highest BCUT2D eigenvalue weighted by Crippen LogP contribution is 2.51. The van der Waals surface area contributed by atoms with Crippen LogP contribution in [0.2, 0.25) is 0 Å². The first-order chi connectivity index (χ1) is 31.5. The number of hydrogen-bond donors (Lipinski definition) is 0. The molecule has 0 saturated heterocycles. The largest absolute Gasteiger partial charge is 0.309 e. The third kappa shape index (κ3) is 8.04. The normalized spacial score (nSPS) is 11.8. The van der Waals surface area contributed by atoms with Crippen molar-refractivity contribution in [3.05, 3.63) is 236 Å². The highest BCUT2D eigenvalue weighted by molar-refractivity contribution is 6.10.